The summed E-state index contributed by atoms with van der Waals surface area (Å²) in [7, 11) is 3.99. The number of furan rings is 1. The third-order valence-corrected chi connectivity index (χ3v) is 8.39. The van der Waals surface area contributed by atoms with Gasteiger partial charge < -0.3 is 14.0 Å². The average Bonchev–Trinajstić information content (AvgIpc) is 3.52. The maximum absolute atomic E-state index is 9.87. The van der Waals surface area contributed by atoms with E-state index in [1.807, 2.05) is 89.6 Å². The van der Waals surface area contributed by atoms with Crippen molar-refractivity contribution in [2.45, 2.75) is 6.92 Å². The number of pyridine rings is 2. The molecule has 0 saturated carbocycles. The van der Waals surface area contributed by atoms with Crippen molar-refractivity contribution in [3.63, 3.8) is 0 Å². The molecule has 0 amide bonds. The van der Waals surface area contributed by atoms with Gasteiger partial charge in [0.25, 0.3) is 0 Å². The molecule has 5 heteroatoms. The molecular formula is C44H31IrN3O+. The minimum atomic E-state index is 0. The summed E-state index contributed by atoms with van der Waals surface area (Å²) in [6.07, 6.45) is 3.78. The molecule has 3 heterocycles. The Balaban J connectivity index is 0.000000220. The van der Waals surface area contributed by atoms with Crippen LogP contribution in [0.4, 0.5) is 0 Å². The van der Waals surface area contributed by atoms with Crippen LogP contribution in [0.2, 0.25) is 0 Å². The molecule has 0 radical (unpaired) electrons. The van der Waals surface area contributed by atoms with E-state index in [0.717, 1.165) is 66.7 Å². The molecule has 8 rings (SSSR count). The number of aryl methyl sites for hydroxylation is 1. The summed E-state index contributed by atoms with van der Waals surface area (Å²) in [6.45, 7) is 6.08. The maximum Gasteiger partial charge on any atom is 3.00 e. The van der Waals surface area contributed by atoms with E-state index in [-0.39, 0.29) is 20.1 Å². The van der Waals surface area contributed by atoms with Crippen molar-refractivity contribution in [1.82, 2.24) is 4.98 Å². The molecule has 0 spiro atoms. The van der Waals surface area contributed by atoms with Crippen molar-refractivity contribution >= 4 is 21.9 Å². The smallest absolute Gasteiger partial charge is 0.500 e. The van der Waals surface area contributed by atoms with Crippen LogP contribution < -0.4 is 4.57 Å². The average molecular weight is 810 g/mol. The van der Waals surface area contributed by atoms with E-state index >= 15 is 0 Å². The fourth-order valence-corrected chi connectivity index (χ4v) is 6.02. The standard InChI is InChI=1S/C30H17N2O.C14H14N.Ir/c31-19-23-16-17-25-24-9-6-10-26(27-11-4-5-18-32-27)29(24)33-30(25)28(23)22-14-12-21(13-15-22)20-7-2-1-3-8-20;1-11-8-9-14(15(3)10-11)13-7-5-4-6-12(13)2;/h1-9,11-18H;4-10H,2-3H2,1H3;/q2*-1;+3. The molecule has 49 heavy (non-hydrogen) atoms. The Kier molecular flexibility index (Phi) is 9.74. The van der Waals surface area contributed by atoms with Gasteiger partial charge in [-0.15, -0.1) is 35.9 Å². The van der Waals surface area contributed by atoms with Crippen LogP contribution in [-0.2, 0) is 20.1 Å². The van der Waals surface area contributed by atoms with E-state index in [1.165, 1.54) is 5.56 Å². The van der Waals surface area contributed by atoms with Gasteiger partial charge in [0, 0.05) is 24.2 Å². The van der Waals surface area contributed by atoms with Crippen LogP contribution in [0.5, 0.6) is 0 Å². The Morgan fingerprint density at radius 3 is 2.14 bits per heavy atom. The number of hydrogen-bond acceptors (Lipinski definition) is 3. The van der Waals surface area contributed by atoms with Crippen molar-refractivity contribution in [1.29, 1.82) is 5.26 Å². The Morgan fingerprint density at radius 2 is 1.43 bits per heavy atom. The number of nitriles is 1. The van der Waals surface area contributed by atoms with Gasteiger partial charge in [0.1, 0.15) is 5.58 Å². The van der Waals surface area contributed by atoms with Gasteiger partial charge in [-0.2, -0.15) is 23.8 Å². The van der Waals surface area contributed by atoms with Gasteiger partial charge in [-0.3, -0.25) is 0 Å². The Morgan fingerprint density at radius 1 is 0.735 bits per heavy atom. The summed E-state index contributed by atoms with van der Waals surface area (Å²) < 4.78 is 8.35. The van der Waals surface area contributed by atoms with Crippen molar-refractivity contribution < 1.29 is 29.1 Å². The summed E-state index contributed by atoms with van der Waals surface area (Å²) in [5, 5.41) is 11.8. The number of rotatable bonds is 4. The zero-order valence-corrected chi connectivity index (χ0v) is 29.2. The van der Waals surface area contributed by atoms with Gasteiger partial charge >= 0.3 is 20.1 Å². The molecule has 5 aromatic carbocycles. The number of fused-ring (bicyclic) bond motifs is 3. The first-order chi connectivity index (χ1) is 23.5. The van der Waals surface area contributed by atoms with Crippen molar-refractivity contribution in [3.8, 4) is 50.8 Å². The van der Waals surface area contributed by atoms with E-state index < -0.39 is 0 Å². The summed E-state index contributed by atoms with van der Waals surface area (Å²) in [4.78, 5) is 4.48. The van der Waals surface area contributed by atoms with E-state index in [9.17, 15) is 5.26 Å². The van der Waals surface area contributed by atoms with E-state index in [0.29, 0.717) is 11.1 Å². The third kappa shape index (κ3) is 6.62. The van der Waals surface area contributed by atoms with Gasteiger partial charge in [-0.25, -0.2) is 0 Å². The van der Waals surface area contributed by atoms with Gasteiger partial charge in [0.05, 0.1) is 29.1 Å². The van der Waals surface area contributed by atoms with E-state index in [4.69, 9.17) is 4.42 Å². The first kappa shape index (κ1) is 33.0. The molecule has 0 saturated heterocycles. The zero-order chi connectivity index (χ0) is 33.0. The van der Waals surface area contributed by atoms with Crippen LogP contribution in [0.25, 0.3) is 66.7 Å². The van der Waals surface area contributed by atoms with Crippen LogP contribution in [-0.4, -0.2) is 4.98 Å². The second kappa shape index (κ2) is 14.5. The molecule has 0 aliphatic heterocycles. The fourth-order valence-electron chi connectivity index (χ4n) is 6.02. The first-order valence-electron chi connectivity index (χ1n) is 15.6. The molecule has 0 unspecified atom stereocenters. The van der Waals surface area contributed by atoms with Gasteiger partial charge in [0.2, 0.25) is 0 Å². The van der Waals surface area contributed by atoms with Gasteiger partial charge in [0.15, 0.2) is 0 Å². The molecule has 8 aromatic rings. The monoisotopic (exact) mass is 810 g/mol. The van der Waals surface area contributed by atoms with Crippen LogP contribution in [0, 0.1) is 38.3 Å². The van der Waals surface area contributed by atoms with E-state index in [1.54, 1.807) is 6.20 Å². The second-order valence-corrected chi connectivity index (χ2v) is 11.6. The predicted octanol–water partition coefficient (Wildman–Crippen LogP) is 10.4. The van der Waals surface area contributed by atoms with Crippen LogP contribution in [0.3, 0.4) is 0 Å². The Hall–Kier alpha value is -5.92. The molecule has 0 atom stereocenters. The molecular weight excluding hydrogens is 779 g/mol. The summed E-state index contributed by atoms with van der Waals surface area (Å²) in [5.41, 5.74) is 12.1. The molecule has 4 nitrogen and oxygen atoms in total. The molecule has 0 aliphatic carbocycles. The van der Waals surface area contributed by atoms with Crippen LogP contribution >= 0.6 is 0 Å². The van der Waals surface area contributed by atoms with Gasteiger partial charge in [-0.1, -0.05) is 102 Å². The van der Waals surface area contributed by atoms with Crippen molar-refractivity contribution in [3.05, 3.63) is 183 Å². The van der Waals surface area contributed by atoms with Crippen LogP contribution in [0.15, 0.2) is 150 Å². The van der Waals surface area contributed by atoms with Crippen molar-refractivity contribution in [2.75, 3.05) is 0 Å². The Bertz CT molecular complexity index is 2430. The number of nitrogens with zero attached hydrogens (tertiary/aromatic N) is 3. The number of aromatic nitrogens is 2. The Labute approximate surface area is 300 Å². The SMILES string of the molecule is N#Cc1ccc2c(oc3c(-c4ccccn4)[c-]ccc32)c1-c1ccc(-c2ccccc2)cc1.[CH2-]c1ccccc1-c1ccc(C)c[n+]1[CH2-].[Ir+3]. The molecule has 0 N–H and O–H groups in total. The van der Waals surface area contributed by atoms with Crippen molar-refractivity contribution in [2.24, 2.45) is 0 Å². The molecule has 236 valence electrons. The summed E-state index contributed by atoms with van der Waals surface area (Å²) in [5.74, 6) is 0. The number of hydrogen-bond donors (Lipinski definition) is 0. The summed E-state index contributed by atoms with van der Waals surface area (Å²) >= 11 is 0. The quantitative estimate of drug-likeness (QED) is 0.131. The normalized spacial score (nSPS) is 10.5. The predicted molar refractivity (Wildman–Crippen MR) is 193 cm³/mol. The minimum absolute atomic E-state index is 0. The molecule has 0 aliphatic rings. The fraction of sp³-hybridized carbons (Fsp3) is 0.0227. The molecule has 3 aromatic heterocycles. The van der Waals surface area contributed by atoms with Crippen LogP contribution in [0.1, 0.15) is 16.7 Å². The number of benzene rings is 5. The summed E-state index contributed by atoms with van der Waals surface area (Å²) in [6, 6.07) is 49.9. The second-order valence-electron chi connectivity index (χ2n) is 11.6. The molecule has 0 fully saturated rings. The first-order valence-corrected chi connectivity index (χ1v) is 15.6. The third-order valence-electron chi connectivity index (χ3n) is 8.39. The zero-order valence-electron chi connectivity index (χ0n) is 26.9. The topological polar surface area (TPSA) is 53.7 Å². The minimum Gasteiger partial charge on any atom is -0.500 e. The van der Waals surface area contributed by atoms with Gasteiger partial charge in [-0.05, 0) is 47.0 Å². The van der Waals surface area contributed by atoms with E-state index in [2.05, 4.69) is 92.6 Å². The maximum atomic E-state index is 9.87. The molecule has 0 bridgehead atoms. The largest absolute Gasteiger partial charge is 3.00 e.